The molecule has 0 atom stereocenters. The molecule has 1 N–H and O–H groups in total. The molecular formula is C21H31N3O2S2. The van der Waals surface area contributed by atoms with Gasteiger partial charge in [-0.25, -0.2) is 4.98 Å². The number of thioether (sulfide) groups is 1. The van der Waals surface area contributed by atoms with Crippen LogP contribution in [0.4, 0.5) is 0 Å². The summed E-state index contributed by atoms with van der Waals surface area (Å²) in [4.78, 5) is 32.5. The Balaban J connectivity index is 1.89. The molecule has 0 saturated carbocycles. The average molecular weight is 422 g/mol. The van der Waals surface area contributed by atoms with Crippen molar-refractivity contribution in [3.63, 3.8) is 0 Å². The van der Waals surface area contributed by atoms with Gasteiger partial charge in [-0.1, -0.05) is 39.0 Å². The van der Waals surface area contributed by atoms with Crippen LogP contribution in [0.3, 0.4) is 0 Å². The Hall–Kier alpha value is -1.34. The zero-order valence-electron chi connectivity index (χ0n) is 17.2. The van der Waals surface area contributed by atoms with Crippen molar-refractivity contribution in [3.8, 4) is 0 Å². The molecule has 0 aromatic carbocycles. The Kier molecular flexibility index (Phi) is 7.57. The highest BCUT2D eigenvalue weighted by atomic mass is 32.2. The number of aromatic nitrogens is 2. The summed E-state index contributed by atoms with van der Waals surface area (Å²) in [6.07, 6.45) is 7.37. The zero-order valence-corrected chi connectivity index (χ0v) is 18.8. The summed E-state index contributed by atoms with van der Waals surface area (Å²) >= 11 is 3.06. The molecule has 0 unspecified atom stereocenters. The van der Waals surface area contributed by atoms with Gasteiger partial charge in [-0.3, -0.25) is 14.2 Å². The van der Waals surface area contributed by atoms with Crippen molar-refractivity contribution in [1.29, 1.82) is 0 Å². The lowest BCUT2D eigenvalue weighted by Gasteiger charge is -2.14. The molecule has 0 aliphatic heterocycles. The van der Waals surface area contributed by atoms with Crippen LogP contribution in [0.5, 0.6) is 0 Å². The van der Waals surface area contributed by atoms with Crippen LogP contribution in [0.25, 0.3) is 10.2 Å². The van der Waals surface area contributed by atoms with Gasteiger partial charge in [0.05, 0.1) is 11.1 Å². The van der Waals surface area contributed by atoms with Gasteiger partial charge in [0.1, 0.15) is 4.83 Å². The van der Waals surface area contributed by atoms with E-state index in [0.717, 1.165) is 48.7 Å². The van der Waals surface area contributed by atoms with Gasteiger partial charge in [0.25, 0.3) is 5.56 Å². The SMILES string of the molecule is CCCCNC(=O)CSc1nc2sc3c(c2c(=O)n1CCC(C)C)CCCC3. The predicted octanol–water partition coefficient (Wildman–Crippen LogP) is 4.39. The summed E-state index contributed by atoms with van der Waals surface area (Å²) in [7, 11) is 0. The van der Waals surface area contributed by atoms with Crippen molar-refractivity contribution in [1.82, 2.24) is 14.9 Å². The number of amides is 1. The number of nitrogens with zero attached hydrogens (tertiary/aromatic N) is 2. The maximum Gasteiger partial charge on any atom is 0.263 e. The minimum Gasteiger partial charge on any atom is -0.355 e. The van der Waals surface area contributed by atoms with E-state index in [0.29, 0.717) is 29.9 Å². The first-order valence-electron chi connectivity index (χ1n) is 10.5. The molecule has 5 nitrogen and oxygen atoms in total. The Bertz CT molecular complexity index is 886. The van der Waals surface area contributed by atoms with Gasteiger partial charge in [-0.15, -0.1) is 11.3 Å². The van der Waals surface area contributed by atoms with Crippen molar-refractivity contribution in [2.75, 3.05) is 12.3 Å². The molecular weight excluding hydrogens is 390 g/mol. The van der Waals surface area contributed by atoms with E-state index in [1.165, 1.54) is 28.6 Å². The third-order valence-electron chi connectivity index (χ3n) is 5.15. The van der Waals surface area contributed by atoms with Gasteiger partial charge < -0.3 is 5.32 Å². The number of fused-ring (bicyclic) bond motifs is 3. The number of hydrogen-bond acceptors (Lipinski definition) is 5. The second-order valence-electron chi connectivity index (χ2n) is 7.92. The van der Waals surface area contributed by atoms with Crippen molar-refractivity contribution in [2.24, 2.45) is 5.92 Å². The van der Waals surface area contributed by atoms with E-state index in [1.54, 1.807) is 11.3 Å². The van der Waals surface area contributed by atoms with Gasteiger partial charge in [0.15, 0.2) is 5.16 Å². The highest BCUT2D eigenvalue weighted by Gasteiger charge is 2.22. The fourth-order valence-corrected chi connectivity index (χ4v) is 5.66. The molecule has 3 rings (SSSR count). The molecule has 154 valence electrons. The monoisotopic (exact) mass is 421 g/mol. The van der Waals surface area contributed by atoms with Gasteiger partial charge in [0.2, 0.25) is 5.91 Å². The molecule has 7 heteroatoms. The fourth-order valence-electron chi connectivity index (χ4n) is 3.50. The average Bonchev–Trinajstić information content (AvgIpc) is 3.04. The Morgan fingerprint density at radius 2 is 2.11 bits per heavy atom. The van der Waals surface area contributed by atoms with E-state index in [1.807, 2.05) is 4.57 Å². The Morgan fingerprint density at radius 3 is 2.86 bits per heavy atom. The molecule has 28 heavy (non-hydrogen) atoms. The van der Waals surface area contributed by atoms with Crippen LogP contribution in [0.1, 0.15) is 63.3 Å². The standard InChI is InChI=1S/C21H31N3O2S2/c1-4-5-11-22-17(25)13-27-21-23-19-18(15-8-6-7-9-16(15)28-19)20(26)24(21)12-10-14(2)3/h14H,4-13H2,1-3H3,(H,22,25). The lowest BCUT2D eigenvalue weighted by molar-refractivity contribution is -0.118. The van der Waals surface area contributed by atoms with E-state index in [4.69, 9.17) is 4.98 Å². The van der Waals surface area contributed by atoms with E-state index >= 15 is 0 Å². The number of aryl methyl sites for hydroxylation is 2. The molecule has 2 heterocycles. The van der Waals surface area contributed by atoms with Crippen LogP contribution in [0, 0.1) is 5.92 Å². The fraction of sp³-hybridized carbons (Fsp3) is 0.667. The highest BCUT2D eigenvalue weighted by molar-refractivity contribution is 7.99. The normalized spacial score (nSPS) is 13.9. The smallest absolute Gasteiger partial charge is 0.263 e. The van der Waals surface area contributed by atoms with Gasteiger partial charge in [-0.2, -0.15) is 0 Å². The first-order chi connectivity index (χ1) is 13.5. The van der Waals surface area contributed by atoms with E-state index in [-0.39, 0.29) is 11.5 Å². The second kappa shape index (κ2) is 9.92. The molecule has 0 bridgehead atoms. The predicted molar refractivity (Wildman–Crippen MR) is 119 cm³/mol. The van der Waals surface area contributed by atoms with Gasteiger partial charge in [-0.05, 0) is 50.0 Å². The number of carbonyl (C=O) groups excluding carboxylic acids is 1. The number of rotatable bonds is 9. The van der Waals surface area contributed by atoms with Gasteiger partial charge in [0, 0.05) is 18.0 Å². The lowest BCUT2D eigenvalue weighted by atomic mass is 9.97. The largest absolute Gasteiger partial charge is 0.355 e. The van der Waals surface area contributed by atoms with Crippen molar-refractivity contribution < 1.29 is 4.79 Å². The maximum absolute atomic E-state index is 13.4. The molecule has 1 aliphatic carbocycles. The second-order valence-corrected chi connectivity index (χ2v) is 9.94. The number of thiophene rings is 1. The molecule has 0 spiro atoms. The lowest BCUT2D eigenvalue weighted by Crippen LogP contribution is -2.28. The van der Waals surface area contributed by atoms with Crippen molar-refractivity contribution >= 4 is 39.2 Å². The van der Waals surface area contributed by atoms with E-state index in [9.17, 15) is 9.59 Å². The number of unbranched alkanes of at least 4 members (excludes halogenated alkanes) is 1. The van der Waals surface area contributed by atoms with Crippen molar-refractivity contribution in [3.05, 3.63) is 20.8 Å². The summed E-state index contributed by atoms with van der Waals surface area (Å²) in [6, 6.07) is 0. The van der Waals surface area contributed by atoms with E-state index in [2.05, 4.69) is 26.1 Å². The molecule has 0 saturated heterocycles. The first-order valence-corrected chi connectivity index (χ1v) is 12.3. The summed E-state index contributed by atoms with van der Waals surface area (Å²) in [5.41, 5.74) is 1.31. The molecule has 1 aliphatic rings. The van der Waals surface area contributed by atoms with Crippen LogP contribution in [-0.4, -0.2) is 27.8 Å². The Morgan fingerprint density at radius 1 is 1.32 bits per heavy atom. The zero-order chi connectivity index (χ0) is 20.1. The summed E-state index contributed by atoms with van der Waals surface area (Å²) in [5, 5.41) is 4.46. The minimum atomic E-state index is 0.00804. The Labute approximate surface area is 175 Å². The minimum absolute atomic E-state index is 0.00804. The topological polar surface area (TPSA) is 64.0 Å². The van der Waals surface area contributed by atoms with Crippen LogP contribution < -0.4 is 10.9 Å². The quantitative estimate of drug-likeness (QED) is 0.370. The highest BCUT2D eigenvalue weighted by Crippen LogP contribution is 2.34. The third-order valence-corrected chi connectivity index (χ3v) is 7.32. The number of nitrogens with one attached hydrogen (secondary N) is 1. The molecule has 0 fully saturated rings. The first kappa shape index (κ1) is 21.4. The van der Waals surface area contributed by atoms with Crippen LogP contribution in [0.2, 0.25) is 0 Å². The van der Waals surface area contributed by atoms with Crippen molar-refractivity contribution in [2.45, 2.75) is 77.4 Å². The van der Waals surface area contributed by atoms with Crippen LogP contribution >= 0.6 is 23.1 Å². The van der Waals surface area contributed by atoms with Crippen LogP contribution in [-0.2, 0) is 24.2 Å². The third kappa shape index (κ3) is 4.98. The summed E-state index contributed by atoms with van der Waals surface area (Å²) in [5.74, 6) is 0.817. The number of hydrogen-bond donors (Lipinski definition) is 1. The maximum atomic E-state index is 13.4. The van der Waals surface area contributed by atoms with Gasteiger partial charge >= 0.3 is 0 Å². The summed E-state index contributed by atoms with van der Waals surface area (Å²) < 4.78 is 1.81. The molecule has 1 amide bonds. The molecule has 2 aromatic heterocycles. The molecule has 0 radical (unpaired) electrons. The van der Waals surface area contributed by atoms with Crippen LogP contribution in [0.15, 0.2) is 9.95 Å². The number of carbonyl (C=O) groups is 1. The molecule has 2 aromatic rings. The van der Waals surface area contributed by atoms with E-state index < -0.39 is 0 Å². The summed E-state index contributed by atoms with van der Waals surface area (Å²) in [6.45, 7) is 7.80.